The van der Waals surface area contributed by atoms with E-state index >= 15 is 0 Å². The zero-order valence-corrected chi connectivity index (χ0v) is 12.3. The molecule has 2 nitrogen and oxygen atoms in total. The molecule has 2 aliphatic rings. The van der Waals surface area contributed by atoms with E-state index < -0.39 is 11.6 Å². The number of piperazine rings is 1. The average Bonchev–Trinajstić information content (AvgIpc) is 2.42. The van der Waals surface area contributed by atoms with Crippen LogP contribution in [0.25, 0.3) is 0 Å². The van der Waals surface area contributed by atoms with E-state index in [4.69, 9.17) is 0 Å². The van der Waals surface area contributed by atoms with E-state index in [-0.39, 0.29) is 0 Å². The quantitative estimate of drug-likeness (QED) is 0.728. The zero-order valence-electron chi connectivity index (χ0n) is 10.7. The van der Waals surface area contributed by atoms with Crippen molar-refractivity contribution in [3.63, 3.8) is 0 Å². The van der Waals surface area contributed by atoms with Gasteiger partial charge in [-0.15, -0.1) is 0 Å². The SMILES string of the molecule is Fc1cc(F)c(N2CCN3CCCCC3C2)cc1Br. The molecule has 5 heteroatoms. The second-order valence-electron chi connectivity index (χ2n) is 5.35. The number of hydrogen-bond acceptors (Lipinski definition) is 2. The Hall–Kier alpha value is -0.680. The first kappa shape index (κ1) is 13.3. The summed E-state index contributed by atoms with van der Waals surface area (Å²) in [7, 11) is 0. The van der Waals surface area contributed by atoms with Gasteiger partial charge in [-0.2, -0.15) is 0 Å². The van der Waals surface area contributed by atoms with E-state index in [1.54, 1.807) is 6.07 Å². The number of benzene rings is 1. The lowest BCUT2D eigenvalue weighted by Crippen LogP contribution is -2.55. The Labute approximate surface area is 120 Å². The fourth-order valence-corrected chi connectivity index (χ4v) is 3.46. The van der Waals surface area contributed by atoms with Crippen LogP contribution in [0.3, 0.4) is 0 Å². The lowest BCUT2D eigenvalue weighted by Gasteiger charge is -2.45. The van der Waals surface area contributed by atoms with E-state index in [0.29, 0.717) is 16.2 Å². The minimum absolute atomic E-state index is 0.329. The van der Waals surface area contributed by atoms with Crippen LogP contribution >= 0.6 is 15.9 Å². The molecule has 1 aromatic carbocycles. The van der Waals surface area contributed by atoms with Gasteiger partial charge in [-0.05, 0) is 41.4 Å². The van der Waals surface area contributed by atoms with Gasteiger partial charge in [0, 0.05) is 31.7 Å². The van der Waals surface area contributed by atoms with Crippen molar-refractivity contribution in [1.82, 2.24) is 4.90 Å². The van der Waals surface area contributed by atoms with Gasteiger partial charge in [0.1, 0.15) is 11.6 Å². The first-order valence-corrected chi connectivity index (χ1v) is 7.58. The molecule has 0 N–H and O–H groups in total. The molecule has 0 spiro atoms. The molecule has 2 fully saturated rings. The molecule has 1 aromatic rings. The first-order chi connectivity index (χ1) is 9.15. The van der Waals surface area contributed by atoms with Crippen LogP contribution in [0.4, 0.5) is 14.5 Å². The molecule has 104 valence electrons. The van der Waals surface area contributed by atoms with Crippen molar-refractivity contribution < 1.29 is 8.78 Å². The fourth-order valence-electron chi connectivity index (χ4n) is 3.13. The third-order valence-corrected chi connectivity index (χ3v) is 4.78. The summed E-state index contributed by atoms with van der Waals surface area (Å²) in [4.78, 5) is 4.54. The number of halogens is 3. The van der Waals surface area contributed by atoms with Gasteiger partial charge in [0.25, 0.3) is 0 Å². The summed E-state index contributed by atoms with van der Waals surface area (Å²) >= 11 is 3.14. The van der Waals surface area contributed by atoms with Crippen LogP contribution < -0.4 is 4.90 Å². The van der Waals surface area contributed by atoms with Crippen LogP contribution in [0.5, 0.6) is 0 Å². The number of piperidine rings is 1. The van der Waals surface area contributed by atoms with Crippen molar-refractivity contribution in [3.8, 4) is 0 Å². The molecule has 0 saturated carbocycles. The molecule has 1 atom stereocenters. The van der Waals surface area contributed by atoms with Crippen LogP contribution in [0.2, 0.25) is 0 Å². The molecular formula is C14H17BrF2N2. The summed E-state index contributed by atoms with van der Waals surface area (Å²) in [6.07, 6.45) is 3.71. The summed E-state index contributed by atoms with van der Waals surface area (Å²) < 4.78 is 27.5. The van der Waals surface area contributed by atoms with Gasteiger partial charge in [-0.25, -0.2) is 8.78 Å². The zero-order chi connectivity index (χ0) is 13.4. The van der Waals surface area contributed by atoms with Gasteiger partial charge in [0.05, 0.1) is 10.2 Å². The molecule has 1 unspecified atom stereocenters. The third kappa shape index (κ3) is 2.63. The van der Waals surface area contributed by atoms with Crippen molar-refractivity contribution in [2.45, 2.75) is 25.3 Å². The van der Waals surface area contributed by atoms with Gasteiger partial charge in [0.15, 0.2) is 0 Å². The maximum atomic E-state index is 13.9. The standard InChI is InChI=1S/C14H17BrF2N2/c15-11-7-14(13(17)8-12(11)16)19-6-5-18-4-2-1-3-10(18)9-19/h7-8,10H,1-6,9H2. The minimum Gasteiger partial charge on any atom is -0.366 e. The highest BCUT2D eigenvalue weighted by Gasteiger charge is 2.30. The van der Waals surface area contributed by atoms with E-state index in [9.17, 15) is 8.78 Å². The third-order valence-electron chi connectivity index (χ3n) is 4.17. The number of nitrogens with zero attached hydrogens (tertiary/aromatic N) is 2. The Morgan fingerprint density at radius 2 is 1.89 bits per heavy atom. The summed E-state index contributed by atoms with van der Waals surface area (Å²) in [6.45, 7) is 3.79. The van der Waals surface area contributed by atoms with Crippen molar-refractivity contribution in [2.75, 3.05) is 31.1 Å². The molecule has 0 aromatic heterocycles. The maximum Gasteiger partial charge on any atom is 0.149 e. The summed E-state index contributed by atoms with van der Waals surface area (Å²) in [5.74, 6) is -1.01. The molecule has 19 heavy (non-hydrogen) atoms. The Balaban J connectivity index is 1.81. The molecule has 0 aliphatic carbocycles. The molecule has 2 saturated heterocycles. The maximum absolute atomic E-state index is 13.9. The number of fused-ring (bicyclic) bond motifs is 1. The molecule has 0 amide bonds. The lowest BCUT2D eigenvalue weighted by molar-refractivity contribution is 0.133. The normalized spacial score (nSPS) is 24.4. The van der Waals surface area contributed by atoms with Crippen LogP contribution in [-0.4, -0.2) is 37.1 Å². The monoisotopic (exact) mass is 330 g/mol. The van der Waals surface area contributed by atoms with Gasteiger partial charge in [0.2, 0.25) is 0 Å². The minimum atomic E-state index is -0.544. The molecule has 2 aliphatic heterocycles. The highest BCUT2D eigenvalue weighted by atomic mass is 79.9. The smallest absolute Gasteiger partial charge is 0.149 e. The van der Waals surface area contributed by atoms with Gasteiger partial charge in [-0.1, -0.05) is 6.42 Å². The van der Waals surface area contributed by atoms with E-state index in [1.165, 1.54) is 19.3 Å². The Bertz CT molecular complexity index is 481. The molecule has 0 bridgehead atoms. The summed E-state index contributed by atoms with van der Waals surface area (Å²) in [5.41, 5.74) is 0.512. The number of anilines is 1. The lowest BCUT2D eigenvalue weighted by atomic mass is 9.99. The van der Waals surface area contributed by atoms with Gasteiger partial charge in [-0.3, -0.25) is 4.90 Å². The van der Waals surface area contributed by atoms with Crippen molar-refractivity contribution >= 4 is 21.6 Å². The van der Waals surface area contributed by atoms with Gasteiger partial charge < -0.3 is 4.90 Å². The predicted molar refractivity (Wildman–Crippen MR) is 75.5 cm³/mol. The van der Waals surface area contributed by atoms with Crippen molar-refractivity contribution in [1.29, 1.82) is 0 Å². The second kappa shape index (κ2) is 5.37. The topological polar surface area (TPSA) is 6.48 Å². The van der Waals surface area contributed by atoms with E-state index in [2.05, 4.69) is 20.8 Å². The number of hydrogen-bond donors (Lipinski definition) is 0. The summed E-state index contributed by atoms with van der Waals surface area (Å²) in [6, 6.07) is 3.04. The van der Waals surface area contributed by atoms with Crippen molar-refractivity contribution in [2.24, 2.45) is 0 Å². The van der Waals surface area contributed by atoms with Crippen LogP contribution in [0, 0.1) is 11.6 Å². The van der Waals surface area contributed by atoms with Crippen LogP contribution in [0.1, 0.15) is 19.3 Å². The highest BCUT2D eigenvalue weighted by molar-refractivity contribution is 9.10. The Kier molecular flexibility index (Phi) is 3.76. The molecule has 3 rings (SSSR count). The summed E-state index contributed by atoms with van der Waals surface area (Å²) in [5, 5.41) is 0. The first-order valence-electron chi connectivity index (χ1n) is 6.78. The fraction of sp³-hybridized carbons (Fsp3) is 0.571. The largest absolute Gasteiger partial charge is 0.366 e. The Morgan fingerprint density at radius 3 is 2.74 bits per heavy atom. The molecule has 0 radical (unpaired) electrons. The Morgan fingerprint density at radius 1 is 1.05 bits per heavy atom. The van der Waals surface area contributed by atoms with E-state index in [1.807, 2.05) is 4.90 Å². The predicted octanol–water partition coefficient (Wildman–Crippen LogP) is 3.40. The van der Waals surface area contributed by atoms with Crippen LogP contribution in [0.15, 0.2) is 16.6 Å². The molecule has 2 heterocycles. The van der Waals surface area contributed by atoms with Crippen LogP contribution in [-0.2, 0) is 0 Å². The van der Waals surface area contributed by atoms with Crippen molar-refractivity contribution in [3.05, 3.63) is 28.2 Å². The highest BCUT2D eigenvalue weighted by Crippen LogP contribution is 2.30. The number of rotatable bonds is 1. The van der Waals surface area contributed by atoms with E-state index in [0.717, 1.165) is 32.2 Å². The second-order valence-corrected chi connectivity index (χ2v) is 6.20. The average molecular weight is 331 g/mol. The molecular weight excluding hydrogens is 314 g/mol. The van der Waals surface area contributed by atoms with Gasteiger partial charge >= 0.3 is 0 Å².